The van der Waals surface area contributed by atoms with Gasteiger partial charge in [-0.2, -0.15) is 4.37 Å². The zero-order valence-corrected chi connectivity index (χ0v) is 10.6. The Hall–Kier alpha value is -2.21. The van der Waals surface area contributed by atoms with Crippen LogP contribution < -0.4 is 5.73 Å². The Morgan fingerprint density at radius 2 is 2.00 bits per heavy atom. The van der Waals surface area contributed by atoms with Gasteiger partial charge in [-0.15, -0.1) is 10.2 Å². The van der Waals surface area contributed by atoms with E-state index >= 15 is 0 Å². The predicted molar refractivity (Wildman–Crippen MR) is 71.6 cm³/mol. The molecule has 90 valence electrons. The van der Waals surface area contributed by atoms with Crippen molar-refractivity contribution in [1.82, 2.24) is 19.1 Å². The van der Waals surface area contributed by atoms with Gasteiger partial charge in [0.25, 0.3) is 0 Å². The lowest BCUT2D eigenvalue weighted by Crippen LogP contribution is -1.98. The number of nitrogens with two attached hydrogens (primary N) is 1. The van der Waals surface area contributed by atoms with Crippen molar-refractivity contribution >= 4 is 16.5 Å². The molecule has 1 aromatic carbocycles. The van der Waals surface area contributed by atoms with Crippen LogP contribution in [0, 0.1) is 6.92 Å². The minimum absolute atomic E-state index is 0.665. The molecule has 0 saturated heterocycles. The van der Waals surface area contributed by atoms with Gasteiger partial charge < -0.3 is 5.73 Å². The molecule has 0 amide bonds. The van der Waals surface area contributed by atoms with Gasteiger partial charge in [0.2, 0.25) is 0 Å². The van der Waals surface area contributed by atoms with Crippen LogP contribution >= 0.6 is 11.5 Å². The second-order valence-corrected chi connectivity index (χ2v) is 4.67. The maximum Gasteiger partial charge on any atom is 0.173 e. The Kier molecular flexibility index (Phi) is 2.56. The number of para-hydroxylation sites is 1. The molecule has 0 aliphatic heterocycles. The van der Waals surface area contributed by atoms with Crippen LogP contribution in [0.2, 0.25) is 0 Å². The molecule has 0 bridgehead atoms. The first-order valence-corrected chi connectivity index (χ1v) is 6.22. The maximum atomic E-state index is 5.95. The fourth-order valence-corrected chi connectivity index (χ4v) is 2.50. The molecule has 0 fully saturated rings. The number of hydrogen-bond acceptors (Lipinski definition) is 5. The Bertz CT molecular complexity index is 651. The number of benzene rings is 1. The highest BCUT2D eigenvalue weighted by Crippen LogP contribution is 2.31. The topological polar surface area (TPSA) is 69.6 Å². The molecular formula is C12H11N5S. The number of nitrogens with zero attached hydrogens (tertiary/aromatic N) is 4. The van der Waals surface area contributed by atoms with Gasteiger partial charge in [0.15, 0.2) is 5.82 Å². The molecule has 5 nitrogen and oxygen atoms in total. The Morgan fingerprint density at radius 1 is 1.22 bits per heavy atom. The van der Waals surface area contributed by atoms with Crippen LogP contribution in [0.3, 0.4) is 0 Å². The molecular weight excluding hydrogens is 246 g/mol. The van der Waals surface area contributed by atoms with Crippen molar-refractivity contribution in [3.63, 3.8) is 0 Å². The first-order chi connectivity index (χ1) is 8.77. The van der Waals surface area contributed by atoms with E-state index in [9.17, 15) is 0 Å². The number of rotatable bonds is 2. The smallest absolute Gasteiger partial charge is 0.173 e. The van der Waals surface area contributed by atoms with E-state index in [1.807, 2.05) is 41.8 Å². The van der Waals surface area contributed by atoms with Gasteiger partial charge in [-0.05, 0) is 30.6 Å². The minimum atomic E-state index is 0.665. The molecule has 18 heavy (non-hydrogen) atoms. The molecule has 2 N–H and O–H groups in total. The van der Waals surface area contributed by atoms with Crippen molar-refractivity contribution in [3.8, 4) is 17.1 Å². The molecule has 0 radical (unpaired) electrons. The lowest BCUT2D eigenvalue weighted by Gasteiger charge is -2.06. The normalized spacial score (nSPS) is 10.7. The third-order valence-corrected chi connectivity index (χ3v) is 3.46. The molecule has 2 aromatic heterocycles. The summed E-state index contributed by atoms with van der Waals surface area (Å²) >= 11 is 1.28. The highest BCUT2D eigenvalue weighted by atomic mass is 32.1. The average Bonchev–Trinajstić information content (AvgIpc) is 2.97. The average molecular weight is 257 g/mol. The number of nitrogen functional groups attached to an aromatic ring is 1. The van der Waals surface area contributed by atoms with Gasteiger partial charge in [-0.25, -0.2) is 0 Å². The van der Waals surface area contributed by atoms with Crippen LogP contribution in [0.15, 0.2) is 36.7 Å². The number of aryl methyl sites for hydroxylation is 1. The molecule has 0 atom stereocenters. The van der Waals surface area contributed by atoms with E-state index in [2.05, 4.69) is 14.6 Å². The van der Waals surface area contributed by atoms with E-state index in [0.29, 0.717) is 5.00 Å². The fraction of sp³-hybridized carbons (Fsp3) is 0.0833. The van der Waals surface area contributed by atoms with Crippen LogP contribution in [-0.4, -0.2) is 19.1 Å². The summed E-state index contributed by atoms with van der Waals surface area (Å²) in [6.07, 6.45) is 1.68. The summed E-state index contributed by atoms with van der Waals surface area (Å²) in [4.78, 5) is 0. The first kappa shape index (κ1) is 10.9. The van der Waals surface area contributed by atoms with Crippen LogP contribution in [0.5, 0.6) is 0 Å². The summed E-state index contributed by atoms with van der Waals surface area (Å²) < 4.78 is 6.15. The third-order valence-electron chi connectivity index (χ3n) is 2.69. The zero-order chi connectivity index (χ0) is 12.5. The second-order valence-electron chi connectivity index (χ2n) is 3.87. The fourth-order valence-electron chi connectivity index (χ4n) is 1.84. The van der Waals surface area contributed by atoms with Crippen LogP contribution in [0.4, 0.5) is 5.00 Å². The summed E-state index contributed by atoms with van der Waals surface area (Å²) in [5.41, 5.74) is 8.70. The molecule has 0 aliphatic rings. The highest BCUT2D eigenvalue weighted by Gasteiger charge is 2.17. The summed E-state index contributed by atoms with van der Waals surface area (Å²) in [5.74, 6) is 0.727. The Morgan fingerprint density at radius 3 is 2.67 bits per heavy atom. The van der Waals surface area contributed by atoms with Gasteiger partial charge in [0, 0.05) is 5.69 Å². The minimum Gasteiger partial charge on any atom is -0.389 e. The zero-order valence-electron chi connectivity index (χ0n) is 9.74. The number of aromatic nitrogens is 4. The maximum absolute atomic E-state index is 5.95. The van der Waals surface area contributed by atoms with E-state index in [4.69, 9.17) is 5.73 Å². The predicted octanol–water partition coefficient (Wildman–Crippen LogP) is 2.28. The highest BCUT2D eigenvalue weighted by molar-refractivity contribution is 7.10. The Balaban J connectivity index is 2.19. The standard InChI is InChI=1S/C12H11N5S/c1-8-10(11(13)18-16-8)12-15-14-7-17(12)9-5-3-2-4-6-9/h2-7H,13H2,1H3. The molecule has 2 heterocycles. The van der Waals surface area contributed by atoms with Crippen molar-refractivity contribution in [1.29, 1.82) is 0 Å². The summed E-state index contributed by atoms with van der Waals surface area (Å²) in [6.45, 7) is 1.92. The van der Waals surface area contributed by atoms with Gasteiger partial charge in [0.05, 0.1) is 11.3 Å². The van der Waals surface area contributed by atoms with Crippen molar-refractivity contribution in [3.05, 3.63) is 42.4 Å². The molecule has 0 unspecified atom stereocenters. The summed E-state index contributed by atoms with van der Waals surface area (Å²) in [5, 5.41) is 8.79. The number of anilines is 1. The van der Waals surface area contributed by atoms with Crippen molar-refractivity contribution < 1.29 is 0 Å². The number of hydrogen-bond donors (Lipinski definition) is 1. The second kappa shape index (κ2) is 4.23. The van der Waals surface area contributed by atoms with E-state index in [0.717, 1.165) is 22.8 Å². The van der Waals surface area contributed by atoms with E-state index in [1.54, 1.807) is 6.33 Å². The monoisotopic (exact) mass is 257 g/mol. The molecule has 6 heteroatoms. The summed E-state index contributed by atoms with van der Waals surface area (Å²) in [7, 11) is 0. The SMILES string of the molecule is Cc1nsc(N)c1-c1nncn1-c1ccccc1. The van der Waals surface area contributed by atoms with Crippen molar-refractivity contribution in [2.45, 2.75) is 6.92 Å². The quantitative estimate of drug-likeness (QED) is 0.764. The summed E-state index contributed by atoms with van der Waals surface area (Å²) in [6, 6.07) is 9.91. The van der Waals surface area contributed by atoms with Gasteiger partial charge in [0.1, 0.15) is 11.3 Å². The van der Waals surface area contributed by atoms with Crippen LogP contribution in [-0.2, 0) is 0 Å². The third kappa shape index (κ3) is 1.67. The molecule has 3 rings (SSSR count). The Labute approximate surface area is 108 Å². The molecule has 3 aromatic rings. The van der Waals surface area contributed by atoms with E-state index in [-0.39, 0.29) is 0 Å². The van der Waals surface area contributed by atoms with Crippen LogP contribution in [0.1, 0.15) is 5.69 Å². The van der Waals surface area contributed by atoms with E-state index < -0.39 is 0 Å². The largest absolute Gasteiger partial charge is 0.389 e. The molecule has 0 aliphatic carbocycles. The van der Waals surface area contributed by atoms with Gasteiger partial charge in [-0.1, -0.05) is 18.2 Å². The van der Waals surface area contributed by atoms with E-state index in [1.165, 1.54) is 11.5 Å². The van der Waals surface area contributed by atoms with Crippen molar-refractivity contribution in [2.24, 2.45) is 0 Å². The molecule has 0 spiro atoms. The van der Waals surface area contributed by atoms with Gasteiger partial charge >= 0.3 is 0 Å². The van der Waals surface area contributed by atoms with Crippen LogP contribution in [0.25, 0.3) is 17.1 Å². The lowest BCUT2D eigenvalue weighted by atomic mass is 10.2. The van der Waals surface area contributed by atoms with Crippen molar-refractivity contribution in [2.75, 3.05) is 5.73 Å². The molecule has 0 saturated carbocycles. The first-order valence-electron chi connectivity index (χ1n) is 5.45. The lowest BCUT2D eigenvalue weighted by molar-refractivity contribution is 1.06. The van der Waals surface area contributed by atoms with Gasteiger partial charge in [-0.3, -0.25) is 4.57 Å².